The van der Waals surface area contributed by atoms with Crippen LogP contribution in [0.1, 0.15) is 13.3 Å². The summed E-state index contributed by atoms with van der Waals surface area (Å²) in [6, 6.07) is 0. The van der Waals surface area contributed by atoms with Crippen molar-refractivity contribution in [2.24, 2.45) is 0 Å². The Balaban J connectivity index is 3.69. The predicted molar refractivity (Wildman–Crippen MR) is 53.2 cm³/mol. The molecular formula is C5H6F2I2O2. The summed E-state index contributed by atoms with van der Waals surface area (Å²) in [4.78, 5) is 10.3. The Kier molecular flexibility index (Phi) is 5.07. The highest BCUT2D eigenvalue weighted by molar-refractivity contribution is 14.1. The first kappa shape index (κ1) is 11.8. The van der Waals surface area contributed by atoms with Crippen LogP contribution in [-0.4, -0.2) is 14.0 Å². The smallest absolute Gasteiger partial charge is 0.303 e. The summed E-state index contributed by atoms with van der Waals surface area (Å²) < 4.78 is 25.4. The van der Waals surface area contributed by atoms with Crippen molar-refractivity contribution in [3.05, 3.63) is 0 Å². The molecule has 0 rings (SSSR count). The Bertz CT molecular complexity index is 146. The number of alkyl halides is 4. The summed E-state index contributed by atoms with van der Waals surface area (Å²) in [5.41, 5.74) is 0. The van der Waals surface area contributed by atoms with Gasteiger partial charge >= 0.3 is 9.90 Å². The average molecular weight is 390 g/mol. The van der Waals surface area contributed by atoms with Crippen molar-refractivity contribution in [1.82, 2.24) is 0 Å². The molecule has 0 bridgehead atoms. The molecule has 0 aromatic rings. The van der Waals surface area contributed by atoms with E-state index in [2.05, 4.69) is 4.74 Å². The van der Waals surface area contributed by atoms with Crippen LogP contribution >= 0.6 is 45.2 Å². The SMILES string of the molecule is CC(=O)OC(I)CC(F)(F)I. The van der Waals surface area contributed by atoms with Gasteiger partial charge < -0.3 is 4.74 Å². The number of hydrogen-bond acceptors (Lipinski definition) is 2. The van der Waals surface area contributed by atoms with Gasteiger partial charge in [-0.05, 0) is 45.2 Å². The Morgan fingerprint density at radius 2 is 2.18 bits per heavy atom. The average Bonchev–Trinajstić information content (AvgIpc) is 1.53. The van der Waals surface area contributed by atoms with Gasteiger partial charge in [0, 0.05) is 6.92 Å². The van der Waals surface area contributed by atoms with Crippen LogP contribution < -0.4 is 0 Å². The van der Waals surface area contributed by atoms with Crippen molar-refractivity contribution in [2.45, 2.75) is 21.4 Å². The number of rotatable bonds is 3. The fourth-order valence-electron chi connectivity index (χ4n) is 0.404. The summed E-state index contributed by atoms with van der Waals surface area (Å²) in [6.45, 7) is 1.19. The van der Waals surface area contributed by atoms with Crippen LogP contribution in [0.3, 0.4) is 0 Å². The summed E-state index contributed by atoms with van der Waals surface area (Å²) in [5.74, 6) is -0.537. The van der Waals surface area contributed by atoms with Gasteiger partial charge in [-0.1, -0.05) is 0 Å². The standard InChI is InChI=1S/C5H6F2I2O2/c1-3(10)11-4(8)2-5(6,7)9/h4H,2H2,1H3. The third kappa shape index (κ3) is 8.70. The molecule has 0 aromatic heterocycles. The third-order valence-electron chi connectivity index (χ3n) is 0.686. The first-order valence-corrected chi connectivity index (χ1v) is 5.02. The largest absolute Gasteiger partial charge is 0.452 e. The van der Waals surface area contributed by atoms with E-state index in [1.165, 1.54) is 6.92 Å². The van der Waals surface area contributed by atoms with E-state index < -0.39 is 20.4 Å². The number of halogens is 4. The monoisotopic (exact) mass is 390 g/mol. The molecular weight excluding hydrogens is 384 g/mol. The number of ether oxygens (including phenoxy) is 1. The van der Waals surface area contributed by atoms with Crippen molar-refractivity contribution in [1.29, 1.82) is 0 Å². The second-order valence-corrected chi connectivity index (χ2v) is 4.81. The highest BCUT2D eigenvalue weighted by atomic mass is 127. The van der Waals surface area contributed by atoms with Crippen LogP contribution in [0.5, 0.6) is 0 Å². The molecule has 0 fully saturated rings. The first-order valence-electron chi connectivity index (χ1n) is 2.69. The van der Waals surface area contributed by atoms with Gasteiger partial charge in [-0.2, -0.15) is 8.78 Å². The quantitative estimate of drug-likeness (QED) is 0.421. The van der Waals surface area contributed by atoms with Crippen LogP contribution in [0.25, 0.3) is 0 Å². The van der Waals surface area contributed by atoms with Crippen LogP contribution in [0.4, 0.5) is 8.78 Å². The Morgan fingerprint density at radius 3 is 2.45 bits per heavy atom. The van der Waals surface area contributed by atoms with Crippen molar-refractivity contribution in [2.75, 3.05) is 0 Å². The van der Waals surface area contributed by atoms with Gasteiger partial charge in [0.2, 0.25) is 0 Å². The molecule has 0 spiro atoms. The molecule has 6 heteroatoms. The predicted octanol–water partition coefficient (Wildman–Crippen LogP) is 2.73. The van der Waals surface area contributed by atoms with E-state index in [0.717, 1.165) is 22.6 Å². The van der Waals surface area contributed by atoms with Crippen molar-refractivity contribution in [3.8, 4) is 0 Å². The van der Waals surface area contributed by atoms with E-state index >= 15 is 0 Å². The molecule has 2 nitrogen and oxygen atoms in total. The van der Waals surface area contributed by atoms with Gasteiger partial charge in [0.15, 0.2) is 4.11 Å². The highest BCUT2D eigenvalue weighted by Gasteiger charge is 2.28. The minimum Gasteiger partial charge on any atom is -0.452 e. The molecule has 1 atom stereocenters. The zero-order valence-corrected chi connectivity index (χ0v) is 9.93. The number of esters is 1. The fraction of sp³-hybridized carbons (Fsp3) is 0.800. The molecule has 0 aliphatic heterocycles. The van der Waals surface area contributed by atoms with Gasteiger partial charge in [0.05, 0.1) is 6.42 Å². The molecule has 1 unspecified atom stereocenters. The first-order chi connectivity index (χ1) is 4.81. The van der Waals surface area contributed by atoms with E-state index in [1.807, 2.05) is 0 Å². The summed E-state index contributed by atoms with van der Waals surface area (Å²) in [7, 11) is 0. The maximum absolute atomic E-state index is 12.2. The van der Waals surface area contributed by atoms with Gasteiger partial charge in [-0.25, -0.2) is 0 Å². The van der Waals surface area contributed by atoms with Crippen LogP contribution in [-0.2, 0) is 9.53 Å². The van der Waals surface area contributed by atoms with Gasteiger partial charge in [0.25, 0.3) is 0 Å². The summed E-state index contributed by atoms with van der Waals surface area (Å²) in [6.07, 6.45) is -0.451. The van der Waals surface area contributed by atoms with E-state index in [1.54, 1.807) is 22.6 Å². The maximum Gasteiger partial charge on any atom is 0.303 e. The fourth-order valence-corrected chi connectivity index (χ4v) is 2.56. The topological polar surface area (TPSA) is 26.3 Å². The molecule has 0 aliphatic carbocycles. The lowest BCUT2D eigenvalue weighted by atomic mass is 10.5. The minimum atomic E-state index is -2.81. The molecule has 0 amide bonds. The molecule has 0 heterocycles. The van der Waals surface area contributed by atoms with Crippen molar-refractivity contribution >= 4 is 51.2 Å². The van der Waals surface area contributed by atoms with E-state index in [-0.39, 0.29) is 0 Å². The van der Waals surface area contributed by atoms with Gasteiger partial charge in [0.1, 0.15) is 0 Å². The van der Waals surface area contributed by atoms with E-state index in [0.29, 0.717) is 0 Å². The molecule has 0 saturated carbocycles. The Morgan fingerprint density at radius 1 is 1.73 bits per heavy atom. The zero-order chi connectivity index (χ0) is 9.07. The van der Waals surface area contributed by atoms with Gasteiger partial charge in [-0.3, -0.25) is 4.79 Å². The summed E-state index contributed by atoms with van der Waals surface area (Å²) in [5, 5.41) is 0. The minimum absolute atomic E-state index is 0.451. The highest BCUT2D eigenvalue weighted by Crippen LogP contribution is 2.31. The number of hydrogen-bond donors (Lipinski definition) is 0. The molecule has 0 N–H and O–H groups in total. The van der Waals surface area contributed by atoms with Crippen LogP contribution in [0.15, 0.2) is 0 Å². The number of carbonyl (C=O) groups is 1. The molecule has 0 radical (unpaired) electrons. The molecule has 0 aliphatic rings. The van der Waals surface area contributed by atoms with Crippen molar-refractivity contribution in [3.63, 3.8) is 0 Å². The number of carbonyl (C=O) groups excluding carboxylic acids is 1. The second-order valence-electron chi connectivity index (χ2n) is 1.84. The zero-order valence-electron chi connectivity index (χ0n) is 5.61. The molecule has 0 aromatic carbocycles. The van der Waals surface area contributed by atoms with E-state index in [9.17, 15) is 13.6 Å². The normalized spacial score (nSPS) is 14.3. The van der Waals surface area contributed by atoms with E-state index in [4.69, 9.17) is 0 Å². The second kappa shape index (κ2) is 4.73. The Labute approximate surface area is 90.3 Å². The third-order valence-corrected chi connectivity index (χ3v) is 1.82. The lowest BCUT2D eigenvalue weighted by Crippen LogP contribution is -2.17. The Hall–Kier alpha value is 0.790. The lowest BCUT2D eigenvalue weighted by molar-refractivity contribution is -0.142. The lowest BCUT2D eigenvalue weighted by Gasteiger charge is -2.13. The molecule has 66 valence electrons. The van der Waals surface area contributed by atoms with Crippen LogP contribution in [0.2, 0.25) is 0 Å². The maximum atomic E-state index is 12.2. The van der Waals surface area contributed by atoms with Gasteiger partial charge in [-0.15, -0.1) is 0 Å². The summed E-state index contributed by atoms with van der Waals surface area (Å²) >= 11 is 2.66. The van der Waals surface area contributed by atoms with Crippen molar-refractivity contribution < 1.29 is 18.3 Å². The molecule has 0 saturated heterocycles. The molecule has 11 heavy (non-hydrogen) atoms. The van der Waals surface area contributed by atoms with Crippen LogP contribution in [0, 0.1) is 0 Å².